The number of nitrogens with zero attached hydrogens (tertiary/aromatic N) is 1. The SMILES string of the molecule is CN1CCC(c2cc3[nH]c(C=O)cc3cc2OCCF)CC1. The van der Waals surface area contributed by atoms with Gasteiger partial charge in [-0.3, -0.25) is 4.79 Å². The predicted molar refractivity (Wildman–Crippen MR) is 84.6 cm³/mol. The van der Waals surface area contributed by atoms with E-state index in [2.05, 4.69) is 23.0 Å². The van der Waals surface area contributed by atoms with E-state index in [0.29, 0.717) is 11.6 Å². The fraction of sp³-hybridized carbons (Fsp3) is 0.471. The molecule has 1 fully saturated rings. The van der Waals surface area contributed by atoms with Gasteiger partial charge in [-0.15, -0.1) is 0 Å². The van der Waals surface area contributed by atoms with E-state index in [-0.39, 0.29) is 6.61 Å². The molecule has 4 nitrogen and oxygen atoms in total. The molecule has 1 saturated heterocycles. The Morgan fingerprint density at radius 3 is 2.82 bits per heavy atom. The monoisotopic (exact) mass is 304 g/mol. The van der Waals surface area contributed by atoms with Crippen LogP contribution in [0.3, 0.4) is 0 Å². The van der Waals surface area contributed by atoms with Gasteiger partial charge in [-0.25, -0.2) is 4.39 Å². The van der Waals surface area contributed by atoms with Crippen molar-refractivity contribution in [3.63, 3.8) is 0 Å². The molecule has 0 amide bonds. The maximum absolute atomic E-state index is 12.5. The van der Waals surface area contributed by atoms with Gasteiger partial charge in [0.25, 0.3) is 0 Å². The largest absolute Gasteiger partial charge is 0.491 e. The van der Waals surface area contributed by atoms with Crippen molar-refractivity contribution in [2.24, 2.45) is 0 Å². The van der Waals surface area contributed by atoms with Gasteiger partial charge in [0, 0.05) is 10.9 Å². The lowest BCUT2D eigenvalue weighted by Crippen LogP contribution is -2.29. The zero-order valence-electron chi connectivity index (χ0n) is 12.8. The topological polar surface area (TPSA) is 45.3 Å². The number of aromatic amines is 1. The summed E-state index contributed by atoms with van der Waals surface area (Å²) in [7, 11) is 2.13. The Balaban J connectivity index is 1.98. The van der Waals surface area contributed by atoms with Gasteiger partial charge in [-0.05, 0) is 62.7 Å². The third-order valence-corrected chi connectivity index (χ3v) is 4.39. The first-order valence-electron chi connectivity index (χ1n) is 7.70. The molecule has 0 saturated carbocycles. The minimum atomic E-state index is -0.502. The number of carbonyl (C=O) groups excluding carboxylic acids is 1. The van der Waals surface area contributed by atoms with Gasteiger partial charge in [-0.2, -0.15) is 0 Å². The van der Waals surface area contributed by atoms with Crippen LogP contribution in [0.1, 0.15) is 34.8 Å². The molecule has 0 bridgehead atoms. The fourth-order valence-electron chi connectivity index (χ4n) is 3.17. The summed E-state index contributed by atoms with van der Waals surface area (Å²) in [5.74, 6) is 1.16. The number of piperidine rings is 1. The fourth-order valence-corrected chi connectivity index (χ4v) is 3.17. The van der Waals surface area contributed by atoms with Crippen molar-refractivity contribution in [3.05, 3.63) is 29.5 Å². The van der Waals surface area contributed by atoms with Crippen molar-refractivity contribution < 1.29 is 13.9 Å². The number of rotatable bonds is 5. The Morgan fingerprint density at radius 2 is 2.14 bits per heavy atom. The number of hydrogen-bond donors (Lipinski definition) is 1. The average Bonchev–Trinajstić information content (AvgIpc) is 2.94. The number of alkyl halides is 1. The summed E-state index contributed by atoms with van der Waals surface area (Å²) < 4.78 is 18.1. The number of hydrogen-bond acceptors (Lipinski definition) is 3. The smallest absolute Gasteiger partial charge is 0.166 e. The van der Waals surface area contributed by atoms with E-state index in [9.17, 15) is 9.18 Å². The highest BCUT2D eigenvalue weighted by Crippen LogP contribution is 2.37. The van der Waals surface area contributed by atoms with Crippen LogP contribution in [0.15, 0.2) is 18.2 Å². The van der Waals surface area contributed by atoms with Crippen molar-refractivity contribution in [2.45, 2.75) is 18.8 Å². The first-order valence-corrected chi connectivity index (χ1v) is 7.70. The summed E-state index contributed by atoms with van der Waals surface area (Å²) in [5, 5.41) is 0.924. The second-order valence-corrected chi connectivity index (χ2v) is 5.93. The first-order chi connectivity index (χ1) is 10.7. The summed E-state index contributed by atoms with van der Waals surface area (Å²) in [6.07, 6.45) is 2.93. The number of carbonyl (C=O) groups is 1. The van der Waals surface area contributed by atoms with Crippen molar-refractivity contribution in [1.82, 2.24) is 9.88 Å². The molecule has 5 heteroatoms. The van der Waals surface area contributed by atoms with Gasteiger partial charge in [0.1, 0.15) is 19.0 Å². The van der Waals surface area contributed by atoms with Crippen molar-refractivity contribution in [3.8, 4) is 5.75 Å². The number of H-pyrrole nitrogens is 1. The highest BCUT2D eigenvalue weighted by Gasteiger charge is 2.22. The number of aldehydes is 1. The summed E-state index contributed by atoms with van der Waals surface area (Å²) in [4.78, 5) is 16.4. The number of nitrogens with one attached hydrogen (secondary N) is 1. The Kier molecular flexibility index (Phi) is 4.43. The molecule has 0 atom stereocenters. The minimum Gasteiger partial charge on any atom is -0.491 e. The number of halogens is 1. The van der Waals surface area contributed by atoms with Crippen LogP contribution in [0.5, 0.6) is 5.75 Å². The van der Waals surface area contributed by atoms with Crippen LogP contribution in [0.2, 0.25) is 0 Å². The van der Waals surface area contributed by atoms with E-state index in [1.54, 1.807) is 6.07 Å². The molecule has 3 rings (SSSR count). The summed E-state index contributed by atoms with van der Waals surface area (Å²) >= 11 is 0. The molecular weight excluding hydrogens is 283 g/mol. The summed E-state index contributed by atoms with van der Waals surface area (Å²) in [6, 6.07) is 5.77. The number of ether oxygens (including phenoxy) is 1. The molecule has 2 heterocycles. The molecule has 1 aliphatic heterocycles. The lowest BCUT2D eigenvalue weighted by Gasteiger charge is -2.30. The number of fused-ring (bicyclic) bond motifs is 1. The quantitative estimate of drug-likeness (QED) is 0.863. The van der Waals surface area contributed by atoms with Crippen LogP contribution in [-0.2, 0) is 0 Å². The zero-order valence-corrected chi connectivity index (χ0v) is 12.8. The van der Waals surface area contributed by atoms with E-state index < -0.39 is 6.67 Å². The number of aromatic nitrogens is 1. The Bertz CT molecular complexity index is 660. The van der Waals surface area contributed by atoms with Gasteiger partial charge in [0.2, 0.25) is 0 Å². The molecule has 2 aromatic rings. The third kappa shape index (κ3) is 2.99. The molecule has 0 spiro atoms. The van der Waals surface area contributed by atoms with E-state index in [1.807, 2.05) is 6.07 Å². The number of likely N-dealkylation sites (tertiary alicyclic amines) is 1. The van der Waals surface area contributed by atoms with E-state index >= 15 is 0 Å². The molecule has 0 aliphatic carbocycles. The van der Waals surface area contributed by atoms with Crippen molar-refractivity contribution >= 4 is 17.2 Å². The summed E-state index contributed by atoms with van der Waals surface area (Å²) in [6.45, 7) is 1.67. The minimum absolute atomic E-state index is 0.0656. The van der Waals surface area contributed by atoms with Gasteiger partial charge in [-0.1, -0.05) is 0 Å². The Labute approximate surface area is 129 Å². The number of benzene rings is 1. The van der Waals surface area contributed by atoms with E-state index in [4.69, 9.17) is 4.74 Å². The maximum atomic E-state index is 12.5. The predicted octanol–water partition coefficient (Wildman–Crippen LogP) is 3.14. The van der Waals surface area contributed by atoms with Crippen LogP contribution in [0.25, 0.3) is 10.9 Å². The second kappa shape index (κ2) is 6.48. The maximum Gasteiger partial charge on any atom is 0.166 e. The second-order valence-electron chi connectivity index (χ2n) is 5.93. The molecule has 0 unspecified atom stereocenters. The standard InChI is InChI=1S/C17H21FN2O2/c1-20-5-2-12(3-6-20)15-10-16-13(8-14(11-21)19-16)9-17(15)22-7-4-18/h8-12,19H,2-7H2,1H3. The molecule has 1 N–H and O–H groups in total. The van der Waals surface area contributed by atoms with Crippen molar-refractivity contribution in [1.29, 1.82) is 0 Å². The molecule has 22 heavy (non-hydrogen) atoms. The Hall–Kier alpha value is -1.88. The highest BCUT2D eigenvalue weighted by atomic mass is 19.1. The molecule has 0 radical (unpaired) electrons. The molecule has 1 aromatic carbocycles. The van der Waals surface area contributed by atoms with Crippen LogP contribution >= 0.6 is 0 Å². The lowest BCUT2D eigenvalue weighted by molar-refractivity contribution is 0.112. The summed E-state index contributed by atoms with van der Waals surface area (Å²) in [5.41, 5.74) is 2.60. The lowest BCUT2D eigenvalue weighted by atomic mass is 9.88. The van der Waals surface area contributed by atoms with E-state index in [0.717, 1.165) is 54.4 Å². The van der Waals surface area contributed by atoms with Gasteiger partial charge < -0.3 is 14.6 Å². The van der Waals surface area contributed by atoms with Gasteiger partial charge in [0.15, 0.2) is 6.29 Å². The molecular formula is C17H21FN2O2. The van der Waals surface area contributed by atoms with Gasteiger partial charge >= 0.3 is 0 Å². The van der Waals surface area contributed by atoms with Gasteiger partial charge in [0.05, 0.1) is 5.69 Å². The molecule has 118 valence electrons. The molecule has 1 aromatic heterocycles. The Morgan fingerprint density at radius 1 is 1.36 bits per heavy atom. The van der Waals surface area contributed by atoms with E-state index in [1.165, 1.54) is 0 Å². The van der Waals surface area contributed by atoms with Crippen LogP contribution in [0, 0.1) is 0 Å². The normalized spacial score (nSPS) is 17.0. The molecule has 1 aliphatic rings. The first kappa shape index (κ1) is 15.0. The highest BCUT2D eigenvalue weighted by molar-refractivity contribution is 5.89. The van der Waals surface area contributed by atoms with Crippen LogP contribution in [0.4, 0.5) is 4.39 Å². The third-order valence-electron chi connectivity index (χ3n) is 4.39. The van der Waals surface area contributed by atoms with Crippen LogP contribution in [-0.4, -0.2) is 49.6 Å². The average molecular weight is 304 g/mol. The van der Waals surface area contributed by atoms with Crippen molar-refractivity contribution in [2.75, 3.05) is 33.4 Å². The zero-order chi connectivity index (χ0) is 15.5. The van der Waals surface area contributed by atoms with Crippen LogP contribution < -0.4 is 4.74 Å².